The summed E-state index contributed by atoms with van der Waals surface area (Å²) in [4.78, 5) is 24.7. The lowest BCUT2D eigenvalue weighted by molar-refractivity contribution is -0.128. The largest absolute Gasteiger partial charge is 0.394 e. The van der Waals surface area contributed by atoms with Gasteiger partial charge in [0.2, 0.25) is 0 Å². The van der Waals surface area contributed by atoms with Crippen molar-refractivity contribution >= 4 is 17.4 Å². The van der Waals surface area contributed by atoms with Crippen LogP contribution in [0.3, 0.4) is 0 Å². The van der Waals surface area contributed by atoms with Gasteiger partial charge in [0.05, 0.1) is 19.3 Å². The van der Waals surface area contributed by atoms with Gasteiger partial charge >= 0.3 is 0 Å². The van der Waals surface area contributed by atoms with Crippen LogP contribution in [0.2, 0.25) is 0 Å². The lowest BCUT2D eigenvalue weighted by Gasteiger charge is -2.34. The van der Waals surface area contributed by atoms with E-state index in [2.05, 4.69) is 0 Å². The average Bonchev–Trinajstić information content (AvgIpc) is 2.38. The number of Topliss-reactive ketones (excluding diaryl/α,β-unsaturated/α-hetero) is 1. The van der Waals surface area contributed by atoms with Crippen LogP contribution in [0.1, 0.15) is 17.3 Å². The molecule has 1 aromatic rings. The van der Waals surface area contributed by atoms with E-state index in [9.17, 15) is 14.7 Å². The topological polar surface area (TPSA) is 66.8 Å². The minimum atomic E-state index is -0.395. The number of ketones is 1. The number of ether oxygens (including phenoxy) is 1. The molecule has 1 fully saturated rings. The van der Waals surface area contributed by atoms with Crippen molar-refractivity contribution in [2.75, 3.05) is 24.7 Å². The quantitative estimate of drug-likeness (QED) is 0.797. The van der Waals surface area contributed by atoms with Crippen LogP contribution in [-0.2, 0) is 9.53 Å². The Balaban J connectivity index is 2.35. The Morgan fingerprint density at radius 2 is 2.33 bits per heavy atom. The number of amides is 1. The van der Waals surface area contributed by atoms with E-state index >= 15 is 0 Å². The molecule has 0 aromatic heterocycles. The number of aliphatic hydroxyl groups excluding tert-OH is 1. The Bertz CT molecular complexity index is 472. The number of carbonyl (C=O) groups is 2. The second-order valence-corrected chi connectivity index (χ2v) is 4.22. The van der Waals surface area contributed by atoms with Crippen molar-refractivity contribution in [3.8, 4) is 0 Å². The molecule has 1 atom stereocenters. The van der Waals surface area contributed by atoms with Gasteiger partial charge in [0.1, 0.15) is 6.61 Å². The standard InChI is InChI=1S/C13H15NO4/c1-9(16)10-3-2-4-11(5-10)14-12(6-15)7-18-8-13(14)17/h2-5,12,15H,6-8H2,1H3. The normalized spacial score (nSPS) is 20.0. The van der Waals surface area contributed by atoms with Crippen molar-refractivity contribution in [1.82, 2.24) is 0 Å². The van der Waals surface area contributed by atoms with Gasteiger partial charge in [-0.25, -0.2) is 0 Å². The first-order chi connectivity index (χ1) is 8.63. The van der Waals surface area contributed by atoms with E-state index in [1.54, 1.807) is 24.3 Å². The van der Waals surface area contributed by atoms with Crippen molar-refractivity contribution in [2.24, 2.45) is 0 Å². The molecule has 5 heteroatoms. The molecule has 1 unspecified atom stereocenters. The average molecular weight is 249 g/mol. The molecule has 1 amide bonds. The third-order valence-corrected chi connectivity index (χ3v) is 2.91. The van der Waals surface area contributed by atoms with Gasteiger partial charge < -0.3 is 14.7 Å². The molecule has 18 heavy (non-hydrogen) atoms. The van der Waals surface area contributed by atoms with E-state index in [4.69, 9.17) is 4.74 Å². The molecule has 2 rings (SSSR count). The van der Waals surface area contributed by atoms with Gasteiger partial charge in [0.25, 0.3) is 5.91 Å². The lowest BCUT2D eigenvalue weighted by atomic mass is 10.1. The second kappa shape index (κ2) is 5.29. The molecule has 1 saturated heterocycles. The number of rotatable bonds is 3. The van der Waals surface area contributed by atoms with Crippen molar-refractivity contribution in [2.45, 2.75) is 13.0 Å². The number of morpholine rings is 1. The summed E-state index contributed by atoms with van der Waals surface area (Å²) < 4.78 is 5.10. The van der Waals surface area contributed by atoms with Gasteiger partial charge in [-0.15, -0.1) is 0 Å². The summed E-state index contributed by atoms with van der Waals surface area (Å²) in [5, 5.41) is 9.28. The van der Waals surface area contributed by atoms with Crippen molar-refractivity contribution in [3.63, 3.8) is 0 Å². The Kier molecular flexibility index (Phi) is 3.74. The Labute approximate surface area is 105 Å². The number of anilines is 1. The van der Waals surface area contributed by atoms with Gasteiger partial charge in [-0.2, -0.15) is 0 Å². The fourth-order valence-corrected chi connectivity index (χ4v) is 1.99. The zero-order chi connectivity index (χ0) is 13.1. The SMILES string of the molecule is CC(=O)c1cccc(N2C(=O)COCC2CO)c1. The molecule has 1 N–H and O–H groups in total. The third-order valence-electron chi connectivity index (χ3n) is 2.91. The Morgan fingerprint density at radius 3 is 3.00 bits per heavy atom. The van der Waals surface area contributed by atoms with Crippen molar-refractivity contribution in [3.05, 3.63) is 29.8 Å². The highest BCUT2D eigenvalue weighted by Crippen LogP contribution is 2.22. The van der Waals surface area contributed by atoms with Crippen molar-refractivity contribution < 1.29 is 19.4 Å². The fourth-order valence-electron chi connectivity index (χ4n) is 1.99. The van der Waals surface area contributed by atoms with Gasteiger partial charge in [-0.1, -0.05) is 12.1 Å². The molecular formula is C13H15NO4. The first kappa shape index (κ1) is 12.7. The summed E-state index contributed by atoms with van der Waals surface area (Å²) in [6.07, 6.45) is 0. The Morgan fingerprint density at radius 1 is 1.56 bits per heavy atom. The molecule has 1 aliphatic heterocycles. The van der Waals surface area contributed by atoms with Crippen LogP contribution in [0.5, 0.6) is 0 Å². The fraction of sp³-hybridized carbons (Fsp3) is 0.385. The van der Waals surface area contributed by atoms with Crippen LogP contribution in [-0.4, -0.2) is 42.7 Å². The molecular weight excluding hydrogens is 234 g/mol. The third kappa shape index (κ3) is 2.42. The van der Waals surface area contributed by atoms with Gasteiger partial charge in [0.15, 0.2) is 5.78 Å². The Hall–Kier alpha value is -1.72. The lowest BCUT2D eigenvalue weighted by Crippen LogP contribution is -2.51. The molecule has 0 radical (unpaired) electrons. The summed E-state index contributed by atoms with van der Waals surface area (Å²) in [6, 6.07) is 6.44. The van der Waals surface area contributed by atoms with Crippen LogP contribution >= 0.6 is 0 Å². The summed E-state index contributed by atoms with van der Waals surface area (Å²) in [5.41, 5.74) is 1.17. The second-order valence-electron chi connectivity index (χ2n) is 4.22. The van der Waals surface area contributed by atoms with E-state index in [1.165, 1.54) is 11.8 Å². The van der Waals surface area contributed by atoms with E-state index in [0.717, 1.165) is 0 Å². The van der Waals surface area contributed by atoms with Gasteiger partial charge in [0, 0.05) is 11.3 Å². The predicted octanol–water partition coefficient (Wildman–Crippen LogP) is 0.613. The van der Waals surface area contributed by atoms with Crippen molar-refractivity contribution in [1.29, 1.82) is 0 Å². The molecule has 1 aliphatic rings. The first-order valence-corrected chi connectivity index (χ1v) is 5.75. The number of hydrogen-bond acceptors (Lipinski definition) is 4. The highest BCUT2D eigenvalue weighted by atomic mass is 16.5. The zero-order valence-electron chi connectivity index (χ0n) is 10.1. The van der Waals surface area contributed by atoms with Crippen LogP contribution in [0.4, 0.5) is 5.69 Å². The molecule has 0 spiro atoms. The summed E-state index contributed by atoms with van der Waals surface area (Å²) in [6.45, 7) is 1.60. The number of benzene rings is 1. The van der Waals surface area contributed by atoms with E-state index in [1.807, 2.05) is 0 Å². The maximum absolute atomic E-state index is 11.9. The molecule has 96 valence electrons. The van der Waals surface area contributed by atoms with E-state index < -0.39 is 6.04 Å². The first-order valence-electron chi connectivity index (χ1n) is 5.75. The minimum absolute atomic E-state index is 0.000793. The highest BCUT2D eigenvalue weighted by Gasteiger charge is 2.29. The zero-order valence-corrected chi connectivity index (χ0v) is 10.1. The number of aliphatic hydroxyl groups is 1. The van der Waals surface area contributed by atoms with E-state index in [0.29, 0.717) is 17.9 Å². The highest BCUT2D eigenvalue weighted by molar-refractivity contribution is 5.99. The molecule has 5 nitrogen and oxygen atoms in total. The van der Waals surface area contributed by atoms with Crippen LogP contribution in [0.25, 0.3) is 0 Å². The monoisotopic (exact) mass is 249 g/mol. The summed E-state index contributed by atoms with van der Waals surface area (Å²) >= 11 is 0. The number of carbonyl (C=O) groups excluding carboxylic acids is 2. The maximum Gasteiger partial charge on any atom is 0.253 e. The number of nitrogens with zero attached hydrogens (tertiary/aromatic N) is 1. The molecule has 1 aromatic carbocycles. The summed E-state index contributed by atoms with van der Waals surface area (Å²) in [7, 11) is 0. The summed E-state index contributed by atoms with van der Waals surface area (Å²) in [5.74, 6) is -0.265. The minimum Gasteiger partial charge on any atom is -0.394 e. The van der Waals surface area contributed by atoms with Crippen LogP contribution in [0.15, 0.2) is 24.3 Å². The number of hydrogen-bond donors (Lipinski definition) is 1. The molecule has 1 heterocycles. The predicted molar refractivity (Wildman–Crippen MR) is 65.6 cm³/mol. The van der Waals surface area contributed by atoms with Gasteiger partial charge in [-0.05, 0) is 19.1 Å². The maximum atomic E-state index is 11.9. The molecule has 0 bridgehead atoms. The van der Waals surface area contributed by atoms with Gasteiger partial charge in [-0.3, -0.25) is 9.59 Å². The smallest absolute Gasteiger partial charge is 0.253 e. The van der Waals surface area contributed by atoms with E-state index in [-0.39, 0.29) is 24.9 Å². The van der Waals surface area contributed by atoms with Crippen LogP contribution < -0.4 is 4.90 Å². The molecule has 0 aliphatic carbocycles. The molecule has 0 saturated carbocycles. The van der Waals surface area contributed by atoms with Crippen LogP contribution in [0, 0.1) is 0 Å².